The standard InChI is InChI=1S/C13H18Cl2N2O2.ClH/c1-19-12(8-16)7-13(18)17-3-2-9-4-10(14)6-11(15)5-9;/h4-6,12H,2-3,7-8,16H2,1H3,(H,17,18);1H. The summed E-state index contributed by atoms with van der Waals surface area (Å²) in [5.74, 6) is -0.0783. The van der Waals surface area contributed by atoms with Gasteiger partial charge in [0.2, 0.25) is 5.91 Å². The maximum Gasteiger partial charge on any atom is 0.222 e. The third-order valence-corrected chi connectivity index (χ3v) is 3.10. The van der Waals surface area contributed by atoms with Gasteiger partial charge in [-0.25, -0.2) is 0 Å². The maximum absolute atomic E-state index is 11.6. The molecule has 114 valence electrons. The van der Waals surface area contributed by atoms with E-state index >= 15 is 0 Å². The molecule has 1 rings (SSSR count). The first-order valence-electron chi connectivity index (χ1n) is 5.99. The minimum Gasteiger partial charge on any atom is -0.380 e. The molecule has 3 N–H and O–H groups in total. The van der Waals surface area contributed by atoms with Crippen LogP contribution in [0.25, 0.3) is 0 Å². The first-order chi connectivity index (χ1) is 9.05. The molecule has 1 aromatic carbocycles. The molecule has 0 radical (unpaired) electrons. The lowest BCUT2D eigenvalue weighted by Gasteiger charge is -2.12. The molecule has 0 saturated carbocycles. The number of amides is 1. The Bertz CT molecular complexity index is 406. The maximum atomic E-state index is 11.6. The number of hydrogen-bond donors (Lipinski definition) is 2. The van der Waals surface area contributed by atoms with E-state index in [1.54, 1.807) is 13.2 Å². The number of nitrogens with one attached hydrogen (secondary N) is 1. The number of carbonyl (C=O) groups excluding carboxylic acids is 1. The van der Waals surface area contributed by atoms with Crippen molar-refractivity contribution >= 4 is 41.5 Å². The van der Waals surface area contributed by atoms with Crippen LogP contribution in [0, 0.1) is 0 Å². The lowest BCUT2D eigenvalue weighted by atomic mass is 10.1. The molecule has 1 atom stereocenters. The van der Waals surface area contributed by atoms with E-state index < -0.39 is 0 Å². The van der Waals surface area contributed by atoms with Gasteiger partial charge in [-0.1, -0.05) is 23.2 Å². The molecule has 1 aromatic rings. The monoisotopic (exact) mass is 340 g/mol. The molecule has 4 nitrogen and oxygen atoms in total. The fourth-order valence-corrected chi connectivity index (χ4v) is 2.21. The summed E-state index contributed by atoms with van der Waals surface area (Å²) < 4.78 is 5.05. The summed E-state index contributed by atoms with van der Waals surface area (Å²) in [6, 6.07) is 5.34. The highest BCUT2D eigenvalue weighted by Crippen LogP contribution is 2.19. The fraction of sp³-hybridized carbons (Fsp3) is 0.462. The van der Waals surface area contributed by atoms with Crippen LogP contribution in [0.3, 0.4) is 0 Å². The van der Waals surface area contributed by atoms with Gasteiger partial charge in [-0.15, -0.1) is 12.4 Å². The van der Waals surface area contributed by atoms with Gasteiger partial charge in [0.05, 0.1) is 12.5 Å². The second-order valence-corrected chi connectivity index (χ2v) is 5.05. The quantitative estimate of drug-likeness (QED) is 0.800. The van der Waals surface area contributed by atoms with E-state index in [2.05, 4.69) is 5.32 Å². The zero-order chi connectivity index (χ0) is 14.3. The predicted octanol–water partition coefficient (Wildman–Crippen LogP) is 2.44. The van der Waals surface area contributed by atoms with Gasteiger partial charge in [-0.2, -0.15) is 0 Å². The Morgan fingerprint density at radius 3 is 2.45 bits per heavy atom. The van der Waals surface area contributed by atoms with E-state index in [9.17, 15) is 4.79 Å². The minimum absolute atomic E-state index is 0. The molecule has 7 heteroatoms. The molecule has 0 aliphatic carbocycles. The van der Waals surface area contributed by atoms with Crippen LogP contribution in [-0.4, -0.2) is 32.2 Å². The van der Waals surface area contributed by atoms with E-state index in [0.717, 1.165) is 5.56 Å². The Labute approximate surface area is 135 Å². The van der Waals surface area contributed by atoms with Crippen LogP contribution in [-0.2, 0) is 16.0 Å². The van der Waals surface area contributed by atoms with Crippen LogP contribution in [0.15, 0.2) is 18.2 Å². The molecule has 20 heavy (non-hydrogen) atoms. The van der Waals surface area contributed by atoms with Crippen molar-refractivity contribution in [3.05, 3.63) is 33.8 Å². The first-order valence-corrected chi connectivity index (χ1v) is 6.75. The fourth-order valence-electron chi connectivity index (χ4n) is 1.64. The number of halogens is 3. The van der Waals surface area contributed by atoms with E-state index in [-0.39, 0.29) is 30.8 Å². The SMILES string of the molecule is COC(CN)CC(=O)NCCc1cc(Cl)cc(Cl)c1.Cl. The Balaban J connectivity index is 0.00000361. The summed E-state index contributed by atoms with van der Waals surface area (Å²) in [4.78, 5) is 11.6. The Morgan fingerprint density at radius 1 is 1.35 bits per heavy atom. The number of benzene rings is 1. The molecule has 0 saturated heterocycles. The molecule has 0 aliphatic rings. The highest BCUT2D eigenvalue weighted by atomic mass is 35.5. The lowest BCUT2D eigenvalue weighted by Crippen LogP contribution is -2.33. The number of hydrogen-bond acceptors (Lipinski definition) is 3. The van der Waals surface area contributed by atoms with Gasteiger partial charge in [0, 0.05) is 30.2 Å². The van der Waals surface area contributed by atoms with Crippen LogP contribution in [0.1, 0.15) is 12.0 Å². The number of methoxy groups -OCH3 is 1. The van der Waals surface area contributed by atoms with Gasteiger partial charge in [-0.05, 0) is 30.2 Å². The van der Waals surface area contributed by atoms with Crippen LogP contribution in [0.5, 0.6) is 0 Å². The van der Waals surface area contributed by atoms with Crippen molar-refractivity contribution in [2.24, 2.45) is 5.73 Å². The zero-order valence-electron chi connectivity index (χ0n) is 11.2. The Kier molecular flexibility index (Phi) is 9.98. The summed E-state index contributed by atoms with van der Waals surface area (Å²) in [6.07, 6.45) is 0.705. The van der Waals surface area contributed by atoms with Crippen molar-refractivity contribution in [1.82, 2.24) is 5.32 Å². The van der Waals surface area contributed by atoms with Crippen LogP contribution < -0.4 is 11.1 Å². The first kappa shape index (κ1) is 19.5. The van der Waals surface area contributed by atoms with Gasteiger partial charge >= 0.3 is 0 Å². The van der Waals surface area contributed by atoms with Crippen molar-refractivity contribution in [2.45, 2.75) is 18.9 Å². The van der Waals surface area contributed by atoms with Crippen LogP contribution >= 0.6 is 35.6 Å². The summed E-state index contributed by atoms with van der Waals surface area (Å²) in [5.41, 5.74) is 6.44. The summed E-state index contributed by atoms with van der Waals surface area (Å²) in [6.45, 7) is 0.852. The van der Waals surface area contributed by atoms with Crippen LogP contribution in [0.4, 0.5) is 0 Å². The smallest absolute Gasteiger partial charge is 0.222 e. The van der Waals surface area contributed by atoms with Crippen LogP contribution in [0.2, 0.25) is 10.0 Å². The average molecular weight is 342 g/mol. The van der Waals surface area contributed by atoms with Crippen molar-refractivity contribution in [3.8, 4) is 0 Å². The second kappa shape index (κ2) is 10.2. The normalized spacial score (nSPS) is 11.6. The third-order valence-electron chi connectivity index (χ3n) is 2.67. The Hall–Kier alpha value is -0.520. The minimum atomic E-state index is -0.236. The molecule has 0 heterocycles. The van der Waals surface area contributed by atoms with Gasteiger partial charge < -0.3 is 15.8 Å². The summed E-state index contributed by atoms with van der Waals surface area (Å²) in [5, 5.41) is 4.00. The molecule has 0 aromatic heterocycles. The van der Waals surface area contributed by atoms with Gasteiger partial charge in [0.1, 0.15) is 0 Å². The number of rotatable bonds is 7. The number of carbonyl (C=O) groups is 1. The molecule has 0 spiro atoms. The van der Waals surface area contributed by atoms with E-state index in [1.165, 1.54) is 0 Å². The topological polar surface area (TPSA) is 64.3 Å². The van der Waals surface area contributed by atoms with E-state index in [1.807, 2.05) is 12.1 Å². The molecular weight excluding hydrogens is 323 g/mol. The molecule has 1 amide bonds. The molecule has 0 aliphatic heterocycles. The lowest BCUT2D eigenvalue weighted by molar-refractivity contribution is -0.123. The largest absolute Gasteiger partial charge is 0.380 e. The second-order valence-electron chi connectivity index (χ2n) is 4.18. The summed E-state index contributed by atoms with van der Waals surface area (Å²) >= 11 is 11.8. The number of nitrogens with two attached hydrogens (primary N) is 1. The highest BCUT2D eigenvalue weighted by Gasteiger charge is 2.10. The average Bonchev–Trinajstić information content (AvgIpc) is 2.34. The van der Waals surface area contributed by atoms with Gasteiger partial charge in [-0.3, -0.25) is 4.79 Å². The molecule has 0 fully saturated rings. The molecule has 0 bridgehead atoms. The molecule has 1 unspecified atom stereocenters. The number of ether oxygens (including phenoxy) is 1. The highest BCUT2D eigenvalue weighted by molar-refractivity contribution is 6.34. The third kappa shape index (κ3) is 7.31. The van der Waals surface area contributed by atoms with Crippen molar-refractivity contribution in [3.63, 3.8) is 0 Å². The van der Waals surface area contributed by atoms with Crippen molar-refractivity contribution < 1.29 is 9.53 Å². The van der Waals surface area contributed by atoms with Crippen molar-refractivity contribution in [1.29, 1.82) is 0 Å². The zero-order valence-corrected chi connectivity index (χ0v) is 13.5. The Morgan fingerprint density at radius 2 is 1.95 bits per heavy atom. The van der Waals surface area contributed by atoms with E-state index in [4.69, 9.17) is 33.7 Å². The summed E-state index contributed by atoms with van der Waals surface area (Å²) in [7, 11) is 1.54. The van der Waals surface area contributed by atoms with Gasteiger partial charge in [0.25, 0.3) is 0 Å². The predicted molar refractivity (Wildman–Crippen MR) is 84.9 cm³/mol. The molecular formula is C13H19Cl3N2O2. The van der Waals surface area contributed by atoms with Crippen molar-refractivity contribution in [2.75, 3.05) is 20.2 Å². The van der Waals surface area contributed by atoms with Gasteiger partial charge in [0.15, 0.2) is 0 Å². The van der Waals surface area contributed by atoms with E-state index in [0.29, 0.717) is 29.6 Å².